The summed E-state index contributed by atoms with van der Waals surface area (Å²) >= 11 is 0. The normalized spacial score (nSPS) is 11.9. The summed E-state index contributed by atoms with van der Waals surface area (Å²) < 4.78 is 0. The topological polar surface area (TPSA) is 61.4 Å². The van der Waals surface area contributed by atoms with Gasteiger partial charge in [0.05, 0.1) is 19.1 Å². The standard InChI is InChI=1S/C21H27N3O2/c1-15-10-11-18(12-16(15)2)17(3)22-20(25)13-24(4)14-21(26)23-19-8-6-5-7-9-19/h5-12,17H,13-14H2,1-4H3,(H,22,25)(H,23,26). The third-order valence-electron chi connectivity index (χ3n) is 4.29. The molecule has 2 rings (SSSR count). The Labute approximate surface area is 155 Å². The fourth-order valence-electron chi connectivity index (χ4n) is 2.67. The van der Waals surface area contributed by atoms with E-state index in [2.05, 4.69) is 36.6 Å². The first-order chi connectivity index (χ1) is 12.3. The molecule has 0 saturated heterocycles. The van der Waals surface area contributed by atoms with Gasteiger partial charge in [-0.2, -0.15) is 0 Å². The largest absolute Gasteiger partial charge is 0.348 e. The molecule has 2 amide bonds. The molecule has 0 radical (unpaired) electrons. The second-order valence-corrected chi connectivity index (χ2v) is 6.72. The average molecular weight is 353 g/mol. The molecule has 26 heavy (non-hydrogen) atoms. The smallest absolute Gasteiger partial charge is 0.238 e. The molecule has 0 spiro atoms. The van der Waals surface area contributed by atoms with Gasteiger partial charge in [0.2, 0.25) is 11.8 Å². The number of hydrogen-bond acceptors (Lipinski definition) is 3. The molecule has 0 bridgehead atoms. The van der Waals surface area contributed by atoms with Crippen LogP contribution in [0, 0.1) is 13.8 Å². The average Bonchev–Trinajstić information content (AvgIpc) is 2.57. The molecule has 0 fully saturated rings. The number of benzene rings is 2. The van der Waals surface area contributed by atoms with Crippen molar-refractivity contribution in [1.82, 2.24) is 10.2 Å². The van der Waals surface area contributed by atoms with Gasteiger partial charge in [-0.05, 0) is 56.6 Å². The van der Waals surface area contributed by atoms with E-state index in [4.69, 9.17) is 0 Å². The molecule has 1 atom stereocenters. The van der Waals surface area contributed by atoms with Crippen molar-refractivity contribution < 1.29 is 9.59 Å². The molecule has 5 heteroatoms. The van der Waals surface area contributed by atoms with E-state index in [1.165, 1.54) is 11.1 Å². The van der Waals surface area contributed by atoms with E-state index in [1.807, 2.05) is 43.3 Å². The van der Waals surface area contributed by atoms with Crippen LogP contribution in [0.3, 0.4) is 0 Å². The molecule has 2 aromatic carbocycles. The molecule has 0 heterocycles. The maximum Gasteiger partial charge on any atom is 0.238 e. The van der Waals surface area contributed by atoms with Gasteiger partial charge in [0.1, 0.15) is 0 Å². The summed E-state index contributed by atoms with van der Waals surface area (Å²) in [6.07, 6.45) is 0. The summed E-state index contributed by atoms with van der Waals surface area (Å²) in [6, 6.07) is 15.4. The Bertz CT molecular complexity index is 759. The van der Waals surface area contributed by atoms with Gasteiger partial charge >= 0.3 is 0 Å². The van der Waals surface area contributed by atoms with Crippen LogP contribution in [-0.2, 0) is 9.59 Å². The summed E-state index contributed by atoms with van der Waals surface area (Å²) in [5, 5.41) is 5.80. The first kappa shape index (κ1) is 19.7. The van der Waals surface area contributed by atoms with Crippen LogP contribution < -0.4 is 10.6 Å². The van der Waals surface area contributed by atoms with Gasteiger partial charge in [0.25, 0.3) is 0 Å². The van der Waals surface area contributed by atoms with E-state index >= 15 is 0 Å². The highest BCUT2D eigenvalue weighted by atomic mass is 16.2. The Kier molecular flexibility index (Phi) is 6.92. The third-order valence-corrected chi connectivity index (χ3v) is 4.29. The molecular weight excluding hydrogens is 326 g/mol. The molecular formula is C21H27N3O2. The van der Waals surface area contributed by atoms with Crippen molar-refractivity contribution in [2.75, 3.05) is 25.5 Å². The summed E-state index contributed by atoms with van der Waals surface area (Å²) in [5.74, 6) is -0.251. The minimum Gasteiger partial charge on any atom is -0.348 e. The minimum atomic E-state index is -0.145. The fraction of sp³-hybridized carbons (Fsp3) is 0.333. The first-order valence-electron chi connectivity index (χ1n) is 8.75. The Balaban J connectivity index is 1.80. The number of amides is 2. The molecule has 0 aliphatic carbocycles. The van der Waals surface area contributed by atoms with Crippen molar-refractivity contribution in [3.8, 4) is 0 Å². The van der Waals surface area contributed by atoms with E-state index in [-0.39, 0.29) is 30.9 Å². The highest BCUT2D eigenvalue weighted by Crippen LogP contribution is 2.16. The molecule has 1 unspecified atom stereocenters. The zero-order valence-corrected chi connectivity index (χ0v) is 15.9. The Morgan fingerprint density at radius 2 is 1.62 bits per heavy atom. The summed E-state index contributed by atoms with van der Waals surface area (Å²) in [4.78, 5) is 26.0. The molecule has 0 saturated carbocycles. The Morgan fingerprint density at radius 1 is 0.962 bits per heavy atom. The molecule has 2 N–H and O–H groups in total. The number of aryl methyl sites for hydroxylation is 2. The number of likely N-dealkylation sites (N-methyl/N-ethyl adjacent to an activating group) is 1. The van der Waals surface area contributed by atoms with E-state index in [1.54, 1.807) is 11.9 Å². The Morgan fingerprint density at radius 3 is 2.27 bits per heavy atom. The van der Waals surface area contributed by atoms with Gasteiger partial charge in [-0.25, -0.2) is 0 Å². The van der Waals surface area contributed by atoms with Crippen LogP contribution in [0.1, 0.15) is 29.7 Å². The number of nitrogens with zero attached hydrogens (tertiary/aromatic N) is 1. The van der Waals surface area contributed by atoms with Crippen LogP contribution >= 0.6 is 0 Å². The van der Waals surface area contributed by atoms with Gasteiger partial charge in [0.15, 0.2) is 0 Å². The van der Waals surface area contributed by atoms with Crippen LogP contribution in [0.15, 0.2) is 48.5 Å². The van der Waals surface area contributed by atoms with Gasteiger partial charge < -0.3 is 10.6 Å². The number of rotatable bonds is 7. The summed E-state index contributed by atoms with van der Waals surface area (Å²) in [6.45, 7) is 6.41. The Hall–Kier alpha value is -2.66. The van der Waals surface area contributed by atoms with Crippen molar-refractivity contribution in [2.45, 2.75) is 26.8 Å². The van der Waals surface area contributed by atoms with Gasteiger partial charge in [-0.3, -0.25) is 14.5 Å². The first-order valence-corrected chi connectivity index (χ1v) is 8.75. The van der Waals surface area contributed by atoms with Gasteiger partial charge in [-0.15, -0.1) is 0 Å². The predicted octanol–water partition coefficient (Wildman–Crippen LogP) is 3.05. The lowest BCUT2D eigenvalue weighted by Gasteiger charge is -2.19. The van der Waals surface area contributed by atoms with E-state index in [0.29, 0.717) is 0 Å². The number of para-hydroxylation sites is 1. The van der Waals surface area contributed by atoms with E-state index < -0.39 is 0 Å². The lowest BCUT2D eigenvalue weighted by atomic mass is 10.0. The van der Waals surface area contributed by atoms with Gasteiger partial charge in [-0.1, -0.05) is 36.4 Å². The SMILES string of the molecule is Cc1ccc(C(C)NC(=O)CN(C)CC(=O)Nc2ccccc2)cc1C. The van der Waals surface area contributed by atoms with Crippen molar-refractivity contribution in [3.05, 3.63) is 65.2 Å². The van der Waals surface area contributed by atoms with Crippen LogP contribution in [0.4, 0.5) is 5.69 Å². The summed E-state index contributed by atoms with van der Waals surface area (Å²) in [7, 11) is 1.75. The minimum absolute atomic E-state index is 0.0756. The maximum absolute atomic E-state index is 12.2. The molecule has 2 aromatic rings. The van der Waals surface area contributed by atoms with Crippen LogP contribution in [0.2, 0.25) is 0 Å². The highest BCUT2D eigenvalue weighted by molar-refractivity contribution is 5.92. The molecule has 0 aliphatic heterocycles. The lowest BCUT2D eigenvalue weighted by molar-refractivity contribution is -0.123. The zero-order valence-electron chi connectivity index (χ0n) is 15.9. The van der Waals surface area contributed by atoms with Crippen LogP contribution in [0.5, 0.6) is 0 Å². The number of nitrogens with one attached hydrogen (secondary N) is 2. The fourth-order valence-corrected chi connectivity index (χ4v) is 2.67. The molecule has 5 nitrogen and oxygen atoms in total. The quantitative estimate of drug-likeness (QED) is 0.804. The predicted molar refractivity (Wildman–Crippen MR) is 105 cm³/mol. The molecule has 0 aromatic heterocycles. The molecule has 138 valence electrons. The zero-order chi connectivity index (χ0) is 19.1. The maximum atomic E-state index is 12.2. The lowest BCUT2D eigenvalue weighted by Crippen LogP contribution is -2.39. The number of hydrogen-bond donors (Lipinski definition) is 2. The van der Waals surface area contributed by atoms with Crippen molar-refractivity contribution in [1.29, 1.82) is 0 Å². The van der Waals surface area contributed by atoms with Crippen LogP contribution in [-0.4, -0.2) is 36.9 Å². The summed E-state index contributed by atoms with van der Waals surface area (Å²) in [5.41, 5.74) is 4.26. The number of carbonyl (C=O) groups excluding carboxylic acids is 2. The van der Waals surface area contributed by atoms with Crippen molar-refractivity contribution in [2.24, 2.45) is 0 Å². The third kappa shape index (κ3) is 6.01. The van der Waals surface area contributed by atoms with Crippen molar-refractivity contribution in [3.63, 3.8) is 0 Å². The number of anilines is 1. The highest BCUT2D eigenvalue weighted by Gasteiger charge is 2.14. The van der Waals surface area contributed by atoms with Crippen LogP contribution in [0.25, 0.3) is 0 Å². The monoisotopic (exact) mass is 353 g/mol. The van der Waals surface area contributed by atoms with Gasteiger partial charge in [0, 0.05) is 5.69 Å². The second-order valence-electron chi connectivity index (χ2n) is 6.72. The number of carbonyl (C=O) groups is 2. The second kappa shape index (κ2) is 9.15. The van der Waals surface area contributed by atoms with Crippen molar-refractivity contribution >= 4 is 17.5 Å². The molecule has 0 aliphatic rings. The van der Waals surface area contributed by atoms with E-state index in [0.717, 1.165) is 11.3 Å². The van der Waals surface area contributed by atoms with E-state index in [9.17, 15) is 9.59 Å².